The number of hydrogen-bond donors (Lipinski definition) is 1. The third-order valence-corrected chi connectivity index (χ3v) is 7.38. The standard InChI is InChI=1S/C31H32N2O5/c1-18-10-12-20(13-11-18)21-14-24-29(26(35)15-21)30(22-16-27(36-3)31(38-5)28(17-22)37-4)33(19(2)34)25-9-7-6-8-23(25)32-24/h6-13,16-17,21,30,32H,14-15H2,1-5H3/t21-,30-/m0/s1. The molecule has 0 aromatic heterocycles. The second-order valence-corrected chi connectivity index (χ2v) is 9.72. The van der Waals surface area contributed by atoms with Gasteiger partial charge in [-0.2, -0.15) is 0 Å². The van der Waals surface area contributed by atoms with E-state index in [2.05, 4.69) is 36.5 Å². The van der Waals surface area contributed by atoms with E-state index in [-0.39, 0.29) is 17.6 Å². The van der Waals surface area contributed by atoms with E-state index in [1.165, 1.54) is 12.5 Å². The lowest BCUT2D eigenvalue weighted by Gasteiger charge is -2.35. The van der Waals surface area contributed by atoms with Gasteiger partial charge in [-0.05, 0) is 54.7 Å². The molecule has 0 fully saturated rings. The van der Waals surface area contributed by atoms with Crippen LogP contribution in [0, 0.1) is 6.92 Å². The summed E-state index contributed by atoms with van der Waals surface area (Å²) >= 11 is 0. The number of allylic oxidation sites excluding steroid dienone is 1. The van der Waals surface area contributed by atoms with E-state index in [1.54, 1.807) is 26.2 Å². The van der Waals surface area contributed by atoms with Gasteiger partial charge in [0.25, 0.3) is 0 Å². The number of ketones is 1. The van der Waals surface area contributed by atoms with Crippen molar-refractivity contribution in [2.45, 2.75) is 38.6 Å². The first-order valence-electron chi connectivity index (χ1n) is 12.6. The number of carbonyl (C=O) groups excluding carboxylic acids is 2. The fourth-order valence-corrected chi connectivity index (χ4v) is 5.59. The molecule has 1 aliphatic carbocycles. The molecule has 0 saturated heterocycles. The molecule has 1 aliphatic heterocycles. The Kier molecular flexibility index (Phi) is 6.85. The lowest BCUT2D eigenvalue weighted by atomic mass is 9.78. The van der Waals surface area contributed by atoms with E-state index in [4.69, 9.17) is 14.2 Å². The van der Waals surface area contributed by atoms with Crippen molar-refractivity contribution >= 4 is 23.1 Å². The van der Waals surface area contributed by atoms with Gasteiger partial charge >= 0.3 is 0 Å². The van der Waals surface area contributed by atoms with Crippen molar-refractivity contribution in [2.24, 2.45) is 0 Å². The summed E-state index contributed by atoms with van der Waals surface area (Å²) in [5.74, 6) is 1.22. The number of amides is 1. The van der Waals surface area contributed by atoms with E-state index in [1.807, 2.05) is 36.4 Å². The van der Waals surface area contributed by atoms with Gasteiger partial charge in [0.2, 0.25) is 11.7 Å². The van der Waals surface area contributed by atoms with Crippen LogP contribution in [0.2, 0.25) is 0 Å². The van der Waals surface area contributed by atoms with Gasteiger partial charge in [0.1, 0.15) is 0 Å². The largest absolute Gasteiger partial charge is 0.493 e. The highest BCUT2D eigenvalue weighted by atomic mass is 16.5. The first kappa shape index (κ1) is 25.4. The first-order chi connectivity index (χ1) is 18.4. The number of rotatable bonds is 5. The Hall–Kier alpha value is -4.26. The molecular formula is C31H32N2O5. The Morgan fingerprint density at radius 1 is 0.895 bits per heavy atom. The maximum atomic E-state index is 14.0. The Morgan fingerprint density at radius 3 is 2.16 bits per heavy atom. The molecule has 1 N–H and O–H groups in total. The Bertz CT molecular complexity index is 1400. The molecule has 3 aromatic rings. The molecule has 0 radical (unpaired) electrons. The van der Waals surface area contributed by atoms with Crippen molar-refractivity contribution in [3.8, 4) is 17.2 Å². The molecule has 38 heavy (non-hydrogen) atoms. The number of anilines is 2. The van der Waals surface area contributed by atoms with Crippen LogP contribution >= 0.6 is 0 Å². The summed E-state index contributed by atoms with van der Waals surface area (Å²) in [5.41, 5.74) is 5.88. The molecular weight excluding hydrogens is 480 g/mol. The van der Waals surface area contributed by atoms with Gasteiger partial charge in [-0.1, -0.05) is 42.0 Å². The molecule has 0 unspecified atom stereocenters. The fourth-order valence-electron chi connectivity index (χ4n) is 5.59. The lowest BCUT2D eigenvalue weighted by Crippen LogP contribution is -2.37. The van der Waals surface area contributed by atoms with Crippen molar-refractivity contribution < 1.29 is 23.8 Å². The van der Waals surface area contributed by atoms with Gasteiger partial charge in [0, 0.05) is 24.6 Å². The first-order valence-corrected chi connectivity index (χ1v) is 12.6. The van der Waals surface area contributed by atoms with Crippen molar-refractivity contribution in [3.63, 3.8) is 0 Å². The van der Waals surface area contributed by atoms with E-state index < -0.39 is 6.04 Å². The van der Waals surface area contributed by atoms with Crippen molar-refractivity contribution in [3.05, 3.63) is 88.6 Å². The van der Waals surface area contributed by atoms with Crippen LogP contribution in [0.15, 0.2) is 71.9 Å². The normalized spacial score (nSPS) is 18.7. The number of ether oxygens (including phenoxy) is 3. The number of fused-ring (bicyclic) bond motifs is 1. The summed E-state index contributed by atoms with van der Waals surface area (Å²) in [7, 11) is 4.65. The lowest BCUT2D eigenvalue weighted by molar-refractivity contribution is -0.117. The van der Waals surface area contributed by atoms with Crippen molar-refractivity contribution in [1.82, 2.24) is 0 Å². The molecule has 7 heteroatoms. The number of methoxy groups -OCH3 is 3. The van der Waals surface area contributed by atoms with E-state index in [0.717, 1.165) is 16.9 Å². The van der Waals surface area contributed by atoms with Gasteiger partial charge < -0.3 is 19.5 Å². The third kappa shape index (κ3) is 4.38. The summed E-state index contributed by atoms with van der Waals surface area (Å²) < 4.78 is 16.8. The van der Waals surface area contributed by atoms with Crippen LogP contribution in [-0.2, 0) is 9.59 Å². The minimum absolute atomic E-state index is 0.00197. The molecule has 1 heterocycles. The summed E-state index contributed by atoms with van der Waals surface area (Å²) in [4.78, 5) is 29.0. The zero-order valence-corrected chi connectivity index (χ0v) is 22.3. The maximum Gasteiger partial charge on any atom is 0.224 e. The highest BCUT2D eigenvalue weighted by Gasteiger charge is 2.41. The van der Waals surface area contributed by atoms with Gasteiger partial charge in [0.15, 0.2) is 17.3 Å². The van der Waals surface area contributed by atoms with Crippen LogP contribution in [0.5, 0.6) is 17.2 Å². The van der Waals surface area contributed by atoms with Gasteiger partial charge in [-0.15, -0.1) is 0 Å². The number of carbonyl (C=O) groups is 2. The molecule has 0 spiro atoms. The SMILES string of the molecule is COc1cc([C@H]2C3=C(C[C@H](c4ccc(C)cc4)CC3=O)Nc3ccccc3N2C(C)=O)cc(OC)c1OC. The van der Waals surface area contributed by atoms with E-state index in [9.17, 15) is 9.59 Å². The number of hydrogen-bond acceptors (Lipinski definition) is 6. The van der Waals surface area contributed by atoms with Gasteiger partial charge in [-0.25, -0.2) is 0 Å². The zero-order chi connectivity index (χ0) is 27.0. The van der Waals surface area contributed by atoms with Crippen LogP contribution in [0.3, 0.4) is 0 Å². The van der Waals surface area contributed by atoms with Crippen LogP contribution in [0.4, 0.5) is 11.4 Å². The van der Waals surface area contributed by atoms with Crippen molar-refractivity contribution in [2.75, 3.05) is 31.5 Å². The monoisotopic (exact) mass is 512 g/mol. The maximum absolute atomic E-state index is 14.0. The highest BCUT2D eigenvalue weighted by molar-refractivity contribution is 6.06. The van der Waals surface area contributed by atoms with Crippen LogP contribution in [0.1, 0.15) is 48.4 Å². The molecule has 0 bridgehead atoms. The molecule has 2 atom stereocenters. The summed E-state index contributed by atoms with van der Waals surface area (Å²) in [6, 6.07) is 19.0. The van der Waals surface area contributed by atoms with Crippen LogP contribution in [-0.4, -0.2) is 33.0 Å². The van der Waals surface area contributed by atoms with Crippen LogP contribution < -0.4 is 24.4 Å². The number of benzene rings is 3. The van der Waals surface area contributed by atoms with Gasteiger partial charge in [0.05, 0.1) is 38.7 Å². The topological polar surface area (TPSA) is 77.1 Å². The number of para-hydroxylation sites is 2. The highest BCUT2D eigenvalue weighted by Crippen LogP contribution is 2.49. The molecule has 2 aliphatic rings. The molecule has 196 valence electrons. The number of Topliss-reactive ketones (excluding diaryl/α,β-unsaturated/α-hetero) is 1. The van der Waals surface area contributed by atoms with Crippen LogP contribution in [0.25, 0.3) is 0 Å². The second kappa shape index (κ2) is 10.2. The van der Waals surface area contributed by atoms with E-state index in [0.29, 0.717) is 46.9 Å². The minimum atomic E-state index is -0.682. The zero-order valence-electron chi connectivity index (χ0n) is 22.3. The van der Waals surface area contributed by atoms with Crippen molar-refractivity contribution in [1.29, 1.82) is 0 Å². The summed E-state index contributed by atoms with van der Waals surface area (Å²) in [6.07, 6.45) is 0.998. The second-order valence-electron chi connectivity index (χ2n) is 9.72. The predicted molar refractivity (Wildman–Crippen MR) is 147 cm³/mol. The molecule has 3 aromatic carbocycles. The molecule has 0 saturated carbocycles. The Labute approximate surface area is 223 Å². The smallest absolute Gasteiger partial charge is 0.224 e. The number of aryl methyl sites for hydroxylation is 1. The predicted octanol–water partition coefficient (Wildman–Crippen LogP) is 5.94. The summed E-state index contributed by atoms with van der Waals surface area (Å²) in [6.45, 7) is 3.58. The molecule has 5 rings (SSSR count). The Balaban J connectivity index is 1.74. The minimum Gasteiger partial charge on any atom is -0.493 e. The molecule has 7 nitrogen and oxygen atoms in total. The third-order valence-electron chi connectivity index (χ3n) is 7.38. The number of nitrogens with one attached hydrogen (secondary N) is 1. The average Bonchev–Trinajstić information content (AvgIpc) is 3.07. The summed E-state index contributed by atoms with van der Waals surface area (Å²) in [5, 5.41) is 3.55. The quantitative estimate of drug-likeness (QED) is 0.456. The fraction of sp³-hybridized carbons (Fsp3) is 0.290. The van der Waals surface area contributed by atoms with E-state index >= 15 is 0 Å². The molecule has 1 amide bonds. The van der Waals surface area contributed by atoms with Gasteiger partial charge in [-0.3, -0.25) is 14.5 Å². The number of nitrogens with zero attached hydrogens (tertiary/aromatic N) is 1. The average molecular weight is 513 g/mol. The Morgan fingerprint density at radius 2 is 1.55 bits per heavy atom.